The second-order valence-corrected chi connectivity index (χ2v) is 15.6. The van der Waals surface area contributed by atoms with Gasteiger partial charge in [-0.3, -0.25) is 43.3 Å². The number of likely N-dealkylation sites (tertiary alicyclic amines) is 1. The Morgan fingerprint density at radius 2 is 1.14 bits per heavy atom. The Morgan fingerprint density at radius 3 is 1.61 bits per heavy atom. The van der Waals surface area contributed by atoms with Gasteiger partial charge in [0.2, 0.25) is 47.3 Å². The summed E-state index contributed by atoms with van der Waals surface area (Å²) in [5.74, 6) is -5.23. The van der Waals surface area contributed by atoms with Crippen LogP contribution in [0.4, 0.5) is 0 Å². The third-order valence-corrected chi connectivity index (χ3v) is 10.4. The number of carbonyl (C=O) groups is 8. The first kappa shape index (κ1) is 49.3. The molecule has 0 aromatic heterocycles. The van der Waals surface area contributed by atoms with Crippen molar-refractivity contribution >= 4 is 53.2 Å². The van der Waals surface area contributed by atoms with Gasteiger partial charge in [0.15, 0.2) is 5.96 Å². The predicted octanol–water partition coefficient (Wildman–Crippen LogP) is -1.18. The molecule has 0 bridgehead atoms. The molecule has 6 atom stereocenters. The maximum atomic E-state index is 14.2. The Bertz CT molecular complexity index is 2100. The standard InChI is InChI=1S/C45H59N11O8/c1-28(39(46)59)51-43(63)37-21-13-23-56(37)44(64)33(20-12-22-49-45(47)48)53-38(58)27-50-40(60)34(24-30-14-6-3-7-15-30)54-42(62)36(26-32-18-10-5-11-19-32)55-41(61)35(52-29(2)57)25-31-16-8-4-9-17-31/h3-11,14-19,28,33-37H,12-13,20-27H2,1-2H3,(H2,46,59)(H,50,60)(H,51,63)(H,52,57)(H,53,58)(H,54,62)(H,55,61)(H4,47,48,49)/t28-,33+,34+,35-,36+,37+/m0/s1. The van der Waals surface area contributed by atoms with Crippen LogP contribution in [0.1, 0.15) is 56.2 Å². The van der Waals surface area contributed by atoms with Crippen molar-refractivity contribution in [1.82, 2.24) is 36.8 Å². The highest BCUT2D eigenvalue weighted by Crippen LogP contribution is 2.20. The van der Waals surface area contributed by atoms with Gasteiger partial charge in [-0.25, -0.2) is 0 Å². The van der Waals surface area contributed by atoms with E-state index in [4.69, 9.17) is 17.2 Å². The highest BCUT2D eigenvalue weighted by molar-refractivity contribution is 5.97. The Balaban J connectivity index is 1.51. The average molecular weight is 882 g/mol. The Kier molecular flexibility index (Phi) is 19.2. The fourth-order valence-electron chi connectivity index (χ4n) is 7.15. The summed E-state index contributed by atoms with van der Waals surface area (Å²) < 4.78 is 0. The number of nitrogens with zero attached hydrogens (tertiary/aromatic N) is 2. The van der Waals surface area contributed by atoms with Crippen LogP contribution >= 0.6 is 0 Å². The van der Waals surface area contributed by atoms with Gasteiger partial charge in [0, 0.05) is 39.3 Å². The molecule has 19 nitrogen and oxygen atoms in total. The zero-order chi connectivity index (χ0) is 46.6. The van der Waals surface area contributed by atoms with Crippen LogP contribution in [0, 0.1) is 0 Å². The summed E-state index contributed by atoms with van der Waals surface area (Å²) in [6, 6.07) is 20.4. The average Bonchev–Trinajstić information content (AvgIpc) is 3.77. The van der Waals surface area contributed by atoms with Crippen LogP contribution in [-0.4, -0.2) is 114 Å². The Labute approximate surface area is 372 Å². The van der Waals surface area contributed by atoms with E-state index in [1.807, 2.05) is 36.4 Å². The monoisotopic (exact) mass is 881 g/mol. The largest absolute Gasteiger partial charge is 0.370 e. The highest BCUT2D eigenvalue weighted by atomic mass is 16.2. The molecule has 1 fully saturated rings. The number of hydrogen-bond donors (Lipinski definition) is 9. The summed E-state index contributed by atoms with van der Waals surface area (Å²) in [7, 11) is 0. The van der Waals surface area contributed by atoms with Crippen LogP contribution in [0.2, 0.25) is 0 Å². The summed E-state index contributed by atoms with van der Waals surface area (Å²) in [4.78, 5) is 112. The number of primary amides is 1. The van der Waals surface area contributed by atoms with Gasteiger partial charge in [-0.15, -0.1) is 0 Å². The lowest BCUT2D eigenvalue weighted by Gasteiger charge is -2.29. The number of carbonyl (C=O) groups excluding carboxylic acids is 8. The van der Waals surface area contributed by atoms with Crippen molar-refractivity contribution < 1.29 is 38.4 Å². The molecule has 0 unspecified atom stereocenters. The van der Waals surface area contributed by atoms with E-state index in [1.54, 1.807) is 54.6 Å². The van der Waals surface area contributed by atoms with E-state index in [2.05, 4.69) is 36.9 Å². The summed E-state index contributed by atoms with van der Waals surface area (Å²) in [5.41, 5.74) is 18.4. The van der Waals surface area contributed by atoms with Crippen LogP contribution < -0.4 is 49.1 Å². The van der Waals surface area contributed by atoms with Crippen LogP contribution in [0.15, 0.2) is 96.0 Å². The lowest BCUT2D eigenvalue weighted by molar-refractivity contribution is -0.142. The van der Waals surface area contributed by atoms with Gasteiger partial charge in [-0.1, -0.05) is 91.0 Å². The van der Waals surface area contributed by atoms with Gasteiger partial charge in [0.1, 0.15) is 36.3 Å². The molecule has 19 heteroatoms. The van der Waals surface area contributed by atoms with Crippen LogP contribution in [-0.2, 0) is 57.6 Å². The van der Waals surface area contributed by atoms with Crippen molar-refractivity contribution in [3.63, 3.8) is 0 Å². The van der Waals surface area contributed by atoms with E-state index in [9.17, 15) is 38.4 Å². The van der Waals surface area contributed by atoms with E-state index >= 15 is 0 Å². The first-order valence-corrected chi connectivity index (χ1v) is 21.1. The van der Waals surface area contributed by atoms with Gasteiger partial charge in [-0.2, -0.15) is 0 Å². The minimum absolute atomic E-state index is 0.00719. The third kappa shape index (κ3) is 16.2. The molecule has 1 aliphatic rings. The number of rotatable bonds is 23. The molecule has 4 rings (SSSR count). The molecule has 3 aromatic carbocycles. The lowest BCUT2D eigenvalue weighted by atomic mass is 10.0. The molecular weight excluding hydrogens is 823 g/mol. The van der Waals surface area contributed by atoms with Crippen molar-refractivity contribution in [3.8, 4) is 0 Å². The van der Waals surface area contributed by atoms with Crippen LogP contribution in [0.5, 0.6) is 0 Å². The van der Waals surface area contributed by atoms with Crippen molar-refractivity contribution in [2.24, 2.45) is 22.2 Å². The van der Waals surface area contributed by atoms with Crippen molar-refractivity contribution in [2.75, 3.05) is 19.6 Å². The molecule has 0 saturated carbocycles. The van der Waals surface area contributed by atoms with E-state index in [0.29, 0.717) is 24.0 Å². The molecule has 1 heterocycles. The molecule has 1 saturated heterocycles. The van der Waals surface area contributed by atoms with Gasteiger partial charge < -0.3 is 54.0 Å². The maximum absolute atomic E-state index is 14.2. The van der Waals surface area contributed by atoms with Gasteiger partial charge in [0.25, 0.3) is 0 Å². The van der Waals surface area contributed by atoms with Gasteiger partial charge >= 0.3 is 0 Å². The summed E-state index contributed by atoms with van der Waals surface area (Å²) >= 11 is 0. The number of aliphatic imine (C=N–C) groups is 1. The number of benzene rings is 3. The molecule has 0 aliphatic carbocycles. The van der Waals surface area contributed by atoms with Crippen LogP contribution in [0.25, 0.3) is 0 Å². The molecule has 342 valence electrons. The van der Waals surface area contributed by atoms with E-state index in [-0.39, 0.29) is 51.2 Å². The number of nitrogens with one attached hydrogen (secondary N) is 6. The summed E-state index contributed by atoms with van der Waals surface area (Å²) in [5, 5.41) is 16.0. The number of guanidine groups is 1. The molecule has 8 amide bonds. The molecule has 12 N–H and O–H groups in total. The smallest absolute Gasteiger partial charge is 0.245 e. The molecule has 0 radical (unpaired) electrons. The molecule has 64 heavy (non-hydrogen) atoms. The fraction of sp³-hybridized carbons (Fsp3) is 0.400. The third-order valence-electron chi connectivity index (χ3n) is 10.4. The van der Waals surface area contributed by atoms with Gasteiger partial charge in [-0.05, 0) is 49.3 Å². The zero-order valence-corrected chi connectivity index (χ0v) is 36.1. The second-order valence-electron chi connectivity index (χ2n) is 15.6. The van der Waals surface area contributed by atoms with E-state index in [0.717, 1.165) is 5.56 Å². The quantitative estimate of drug-likeness (QED) is 0.0312. The number of nitrogens with two attached hydrogens (primary N) is 3. The minimum atomic E-state index is -1.24. The SMILES string of the molecule is CC(=O)N[C@@H](Cc1ccccc1)C(=O)N[C@H](Cc1ccccc1)C(=O)N[C@H](Cc1ccccc1)C(=O)NCC(=O)N[C@H](CCCN=C(N)N)C(=O)N1CCC[C@@H]1C(=O)N[C@@H](C)C(N)=O. The lowest BCUT2D eigenvalue weighted by Crippen LogP contribution is -2.58. The maximum Gasteiger partial charge on any atom is 0.245 e. The van der Waals surface area contributed by atoms with Crippen molar-refractivity contribution in [2.45, 2.75) is 95.0 Å². The predicted molar refractivity (Wildman–Crippen MR) is 238 cm³/mol. The zero-order valence-electron chi connectivity index (χ0n) is 36.1. The first-order valence-electron chi connectivity index (χ1n) is 21.1. The minimum Gasteiger partial charge on any atom is -0.370 e. The van der Waals surface area contributed by atoms with Crippen molar-refractivity contribution in [3.05, 3.63) is 108 Å². The molecular formula is C45H59N11O8. The molecule has 3 aromatic rings. The van der Waals surface area contributed by atoms with Crippen LogP contribution in [0.3, 0.4) is 0 Å². The van der Waals surface area contributed by atoms with Gasteiger partial charge in [0.05, 0.1) is 6.54 Å². The number of hydrogen-bond acceptors (Lipinski definition) is 9. The second kappa shape index (κ2) is 25.0. The molecule has 1 aliphatic heterocycles. The first-order chi connectivity index (χ1) is 30.6. The van der Waals surface area contributed by atoms with Crippen molar-refractivity contribution in [1.29, 1.82) is 0 Å². The Hall–Kier alpha value is -7.31. The molecule has 0 spiro atoms. The van der Waals surface area contributed by atoms with E-state index < -0.39 is 90.1 Å². The Morgan fingerprint density at radius 1 is 0.656 bits per heavy atom. The van der Waals surface area contributed by atoms with E-state index in [1.165, 1.54) is 18.7 Å². The summed E-state index contributed by atoms with van der Waals surface area (Å²) in [6.07, 6.45) is 1.37. The normalized spacial score (nSPS) is 15.5. The fourth-order valence-corrected chi connectivity index (χ4v) is 7.15. The number of amides is 8. The topological polar surface area (TPSA) is 302 Å². The summed E-state index contributed by atoms with van der Waals surface area (Å²) in [6.45, 7) is 2.48. The highest BCUT2D eigenvalue weighted by Gasteiger charge is 2.38.